The smallest absolute Gasteiger partial charge is 0.380 e. The monoisotopic (exact) mass is 326 g/mol. The first-order chi connectivity index (χ1) is 9.08. The molecule has 2 aromatic rings. The van der Waals surface area contributed by atoms with E-state index in [2.05, 4.69) is 36.1 Å². The summed E-state index contributed by atoms with van der Waals surface area (Å²) in [7, 11) is 0. The van der Waals surface area contributed by atoms with E-state index in [9.17, 15) is 9.18 Å². The summed E-state index contributed by atoms with van der Waals surface area (Å²) in [6, 6.07) is 5.30. The van der Waals surface area contributed by atoms with E-state index in [-0.39, 0.29) is 11.5 Å². The fourth-order valence-electron chi connectivity index (χ4n) is 1.22. The molecule has 19 heavy (non-hydrogen) atoms. The van der Waals surface area contributed by atoms with Crippen molar-refractivity contribution in [1.82, 2.24) is 10.2 Å². The number of carbonyl (C=O) groups is 1. The number of nitrogens with zero attached hydrogens (tertiary/aromatic N) is 2. The van der Waals surface area contributed by atoms with E-state index < -0.39 is 11.8 Å². The number of amidine groups is 1. The number of nitrogens with one attached hydrogen (secondary N) is 1. The Balaban J connectivity index is 2.08. The summed E-state index contributed by atoms with van der Waals surface area (Å²) in [6.45, 7) is 0. The number of benzene rings is 1. The highest BCUT2D eigenvalue weighted by atomic mass is 79.9. The van der Waals surface area contributed by atoms with Gasteiger partial charge in [-0.15, -0.1) is 0 Å². The van der Waals surface area contributed by atoms with Crippen molar-refractivity contribution in [2.24, 2.45) is 10.9 Å². The van der Waals surface area contributed by atoms with Crippen molar-refractivity contribution in [2.75, 3.05) is 0 Å². The maximum Gasteiger partial charge on any atom is 0.384 e. The molecule has 0 fully saturated rings. The number of aromatic amines is 1. The molecule has 8 heteroatoms. The molecule has 0 aliphatic carbocycles. The molecule has 1 aromatic carbocycles. The second-order valence-corrected chi connectivity index (χ2v) is 4.31. The molecule has 3 N–H and O–H groups in total. The largest absolute Gasteiger partial charge is 0.384 e. The van der Waals surface area contributed by atoms with Gasteiger partial charge in [0.25, 0.3) is 0 Å². The Morgan fingerprint density at radius 2 is 2.11 bits per heavy atom. The van der Waals surface area contributed by atoms with Crippen molar-refractivity contribution in [1.29, 1.82) is 0 Å². The number of rotatable bonds is 3. The van der Waals surface area contributed by atoms with Crippen LogP contribution in [0.1, 0.15) is 16.1 Å². The summed E-state index contributed by atoms with van der Waals surface area (Å²) in [5.74, 6) is -1.17. The first-order valence-corrected chi connectivity index (χ1v) is 5.87. The van der Waals surface area contributed by atoms with Gasteiger partial charge in [0.15, 0.2) is 11.5 Å². The van der Waals surface area contributed by atoms with E-state index in [0.717, 1.165) is 0 Å². The molecule has 0 saturated carbocycles. The van der Waals surface area contributed by atoms with Gasteiger partial charge in [-0.2, -0.15) is 5.10 Å². The van der Waals surface area contributed by atoms with Gasteiger partial charge >= 0.3 is 5.97 Å². The lowest BCUT2D eigenvalue weighted by Gasteiger charge is -2.00. The fraction of sp³-hybridized carbons (Fsp3) is 0. The molecule has 0 saturated heterocycles. The summed E-state index contributed by atoms with van der Waals surface area (Å²) >= 11 is 3.11. The highest BCUT2D eigenvalue weighted by molar-refractivity contribution is 9.10. The molecular formula is C11H8BrFN4O2. The number of carbonyl (C=O) groups excluding carboxylic acids is 1. The van der Waals surface area contributed by atoms with Crippen molar-refractivity contribution >= 4 is 27.7 Å². The number of halogens is 2. The van der Waals surface area contributed by atoms with Crippen LogP contribution < -0.4 is 5.73 Å². The van der Waals surface area contributed by atoms with Gasteiger partial charge in [-0.3, -0.25) is 5.10 Å². The number of H-pyrrole nitrogens is 1. The highest BCUT2D eigenvalue weighted by Crippen LogP contribution is 2.13. The molecule has 2 rings (SSSR count). The van der Waals surface area contributed by atoms with Crippen LogP contribution in [0.25, 0.3) is 0 Å². The molecule has 0 atom stereocenters. The maximum absolute atomic E-state index is 12.7. The van der Waals surface area contributed by atoms with Gasteiger partial charge in [0, 0.05) is 5.56 Å². The molecule has 98 valence electrons. The minimum atomic E-state index is -0.741. The highest BCUT2D eigenvalue weighted by Gasteiger charge is 2.14. The topological polar surface area (TPSA) is 93.4 Å². The van der Waals surface area contributed by atoms with Crippen LogP contribution in [0.5, 0.6) is 0 Å². The van der Waals surface area contributed by atoms with E-state index in [1.54, 1.807) is 0 Å². The molecule has 0 aliphatic rings. The first kappa shape index (κ1) is 13.2. The van der Waals surface area contributed by atoms with Crippen LogP contribution in [0.2, 0.25) is 0 Å². The van der Waals surface area contributed by atoms with Gasteiger partial charge < -0.3 is 10.6 Å². The third kappa shape index (κ3) is 3.16. The molecular weight excluding hydrogens is 319 g/mol. The molecule has 6 nitrogen and oxygen atoms in total. The lowest BCUT2D eigenvalue weighted by molar-refractivity contribution is 0.0508. The number of oxime groups is 1. The standard InChI is InChI=1S/C11H8BrFN4O2/c12-8-5-15-16-9(8)11(18)19-17-10(14)6-1-3-7(13)4-2-6/h1-5H,(H2,14,17)(H,15,16). The average Bonchev–Trinajstić information content (AvgIpc) is 2.83. The molecule has 0 aliphatic heterocycles. The van der Waals surface area contributed by atoms with Crippen molar-refractivity contribution in [3.63, 3.8) is 0 Å². The summed E-state index contributed by atoms with van der Waals surface area (Å²) in [6.07, 6.45) is 1.41. The van der Waals surface area contributed by atoms with Gasteiger partial charge in [0.2, 0.25) is 0 Å². The van der Waals surface area contributed by atoms with E-state index in [1.165, 1.54) is 30.5 Å². The number of nitrogens with two attached hydrogens (primary N) is 1. The zero-order chi connectivity index (χ0) is 13.8. The molecule has 0 radical (unpaired) electrons. The van der Waals surface area contributed by atoms with Crippen LogP contribution >= 0.6 is 15.9 Å². The Kier molecular flexibility index (Phi) is 3.91. The van der Waals surface area contributed by atoms with Crippen LogP contribution in [0.15, 0.2) is 40.1 Å². The van der Waals surface area contributed by atoms with Crippen LogP contribution in [0.4, 0.5) is 4.39 Å². The Morgan fingerprint density at radius 1 is 1.42 bits per heavy atom. The zero-order valence-electron chi connectivity index (χ0n) is 9.43. The Labute approximate surface area is 115 Å². The van der Waals surface area contributed by atoms with Crippen LogP contribution in [0.3, 0.4) is 0 Å². The van der Waals surface area contributed by atoms with Gasteiger partial charge in [-0.25, -0.2) is 9.18 Å². The molecule has 0 spiro atoms. The van der Waals surface area contributed by atoms with E-state index in [1.807, 2.05) is 0 Å². The first-order valence-electron chi connectivity index (χ1n) is 5.07. The molecule has 1 heterocycles. The van der Waals surface area contributed by atoms with Gasteiger partial charge in [0.05, 0.1) is 10.7 Å². The second kappa shape index (κ2) is 5.61. The van der Waals surface area contributed by atoms with E-state index >= 15 is 0 Å². The van der Waals surface area contributed by atoms with Crippen LogP contribution in [-0.2, 0) is 4.84 Å². The minimum absolute atomic E-state index is 0.0380. The predicted octanol–water partition coefficient (Wildman–Crippen LogP) is 1.79. The van der Waals surface area contributed by atoms with Crippen molar-refractivity contribution < 1.29 is 14.0 Å². The molecule has 0 amide bonds. The number of hydrogen-bond donors (Lipinski definition) is 2. The Morgan fingerprint density at radius 3 is 2.68 bits per heavy atom. The zero-order valence-corrected chi connectivity index (χ0v) is 11.0. The fourth-order valence-corrected chi connectivity index (χ4v) is 1.58. The lowest BCUT2D eigenvalue weighted by atomic mass is 10.2. The van der Waals surface area contributed by atoms with E-state index in [4.69, 9.17) is 5.73 Å². The van der Waals surface area contributed by atoms with Crippen molar-refractivity contribution in [3.05, 3.63) is 52.0 Å². The van der Waals surface area contributed by atoms with Crippen molar-refractivity contribution in [2.45, 2.75) is 0 Å². The van der Waals surface area contributed by atoms with Gasteiger partial charge in [-0.1, -0.05) is 5.16 Å². The second-order valence-electron chi connectivity index (χ2n) is 3.46. The third-order valence-electron chi connectivity index (χ3n) is 2.16. The predicted molar refractivity (Wildman–Crippen MR) is 68.8 cm³/mol. The van der Waals surface area contributed by atoms with Gasteiger partial charge in [-0.05, 0) is 40.2 Å². The number of aromatic nitrogens is 2. The van der Waals surface area contributed by atoms with Gasteiger partial charge in [0.1, 0.15) is 5.82 Å². The molecule has 0 unspecified atom stereocenters. The summed E-state index contributed by atoms with van der Waals surface area (Å²) in [5.41, 5.74) is 6.16. The van der Waals surface area contributed by atoms with Crippen molar-refractivity contribution in [3.8, 4) is 0 Å². The summed E-state index contributed by atoms with van der Waals surface area (Å²) < 4.78 is 13.2. The lowest BCUT2D eigenvalue weighted by Crippen LogP contribution is -2.15. The average molecular weight is 327 g/mol. The molecule has 1 aromatic heterocycles. The summed E-state index contributed by atoms with van der Waals surface area (Å²) in [4.78, 5) is 16.2. The van der Waals surface area contributed by atoms with E-state index in [0.29, 0.717) is 10.0 Å². The Bertz CT molecular complexity index is 624. The maximum atomic E-state index is 12.7. The normalized spacial score (nSPS) is 11.4. The van der Waals surface area contributed by atoms with Crippen LogP contribution in [-0.4, -0.2) is 22.0 Å². The third-order valence-corrected chi connectivity index (χ3v) is 2.77. The molecule has 0 bridgehead atoms. The summed E-state index contributed by atoms with van der Waals surface area (Å²) in [5, 5.41) is 9.56. The quantitative estimate of drug-likeness (QED) is 0.389. The SMILES string of the molecule is N/C(=N\OC(=O)c1[nH]ncc1Br)c1ccc(F)cc1. The number of hydrogen-bond acceptors (Lipinski definition) is 4. The minimum Gasteiger partial charge on any atom is -0.380 e. The van der Waals surface area contributed by atoms with Crippen LogP contribution in [0, 0.1) is 5.82 Å². The Hall–Kier alpha value is -2.22.